The van der Waals surface area contributed by atoms with E-state index in [0.717, 1.165) is 25.7 Å². The van der Waals surface area contributed by atoms with Gasteiger partial charge in [0.2, 0.25) is 0 Å². The molecule has 1 fully saturated rings. The highest BCUT2D eigenvalue weighted by atomic mass is 16.5. The van der Waals surface area contributed by atoms with Crippen molar-refractivity contribution in [1.82, 2.24) is 0 Å². The smallest absolute Gasteiger partial charge is 0.309 e. The van der Waals surface area contributed by atoms with Gasteiger partial charge in [0.25, 0.3) is 0 Å². The van der Waals surface area contributed by atoms with E-state index >= 15 is 0 Å². The summed E-state index contributed by atoms with van der Waals surface area (Å²) in [6.45, 7) is 24.6. The van der Waals surface area contributed by atoms with Crippen LogP contribution in [-0.4, -0.2) is 75.0 Å². The predicted molar refractivity (Wildman–Crippen MR) is 161 cm³/mol. The normalized spacial score (nSPS) is 19.1. The van der Waals surface area contributed by atoms with Crippen LogP contribution in [-0.2, 0) is 28.5 Å². The summed E-state index contributed by atoms with van der Waals surface area (Å²) in [7, 11) is 0. The summed E-state index contributed by atoms with van der Waals surface area (Å²) in [5.74, 6) is -1.50. The zero-order valence-corrected chi connectivity index (χ0v) is 25.5. The summed E-state index contributed by atoms with van der Waals surface area (Å²) in [5.41, 5.74) is -0.532. The quantitative estimate of drug-likeness (QED) is 0.128. The largest absolute Gasteiger partial charge is 0.465 e. The van der Waals surface area contributed by atoms with E-state index in [1.54, 1.807) is 12.2 Å². The average molecular weight is 569 g/mol. The summed E-state index contributed by atoms with van der Waals surface area (Å²) in [6.07, 6.45) is 11.0. The maximum Gasteiger partial charge on any atom is 0.309 e. The molecule has 232 valence electrons. The molecule has 1 saturated carbocycles. The Kier molecular flexibility index (Phi) is 24.5. The van der Waals surface area contributed by atoms with E-state index in [4.69, 9.17) is 29.2 Å². The Hall–Kier alpha value is -2.26. The number of rotatable bonds is 18. The molecule has 8 heteroatoms. The van der Waals surface area contributed by atoms with Crippen molar-refractivity contribution in [3.05, 3.63) is 50.6 Å². The fraction of sp³-hybridized carbons (Fsp3) is 0.688. The molecule has 4 atom stereocenters. The van der Waals surface area contributed by atoms with Crippen LogP contribution in [0.5, 0.6) is 0 Å². The number of ether oxygens (including phenoxy) is 4. The van der Waals surface area contributed by atoms with Crippen molar-refractivity contribution in [2.75, 3.05) is 52.9 Å². The van der Waals surface area contributed by atoms with E-state index < -0.39 is 11.8 Å². The van der Waals surface area contributed by atoms with E-state index in [2.05, 4.69) is 40.2 Å². The number of hydrogen-bond donors (Lipinski definition) is 2. The highest BCUT2D eigenvalue weighted by Crippen LogP contribution is 2.34. The van der Waals surface area contributed by atoms with Crippen molar-refractivity contribution < 1.29 is 38.7 Å². The standard InChI is InChI=1S/C26H44O6.2C3H6O/c1-7-15-29-17-25(5,9-3)19-31-23(27)21-13-11-12-14-22(21)24(28)32-20-26(6,10-4)18-30-16-8-2;2*1-2-3-4/h7-8,21-22H,1-2,9-20H2,3-6H3;2*2,4H,1,3H2. The summed E-state index contributed by atoms with van der Waals surface area (Å²) in [5, 5.41) is 15.5. The van der Waals surface area contributed by atoms with Crippen molar-refractivity contribution >= 4 is 11.9 Å². The van der Waals surface area contributed by atoms with Gasteiger partial charge in [-0.2, -0.15) is 0 Å². The van der Waals surface area contributed by atoms with Gasteiger partial charge in [-0.15, -0.1) is 26.3 Å². The molecule has 0 radical (unpaired) electrons. The van der Waals surface area contributed by atoms with Gasteiger partial charge in [0, 0.05) is 10.8 Å². The first-order chi connectivity index (χ1) is 19.1. The van der Waals surface area contributed by atoms with Crippen LogP contribution in [0.3, 0.4) is 0 Å². The number of carbonyl (C=O) groups is 2. The molecule has 0 aromatic rings. The highest BCUT2D eigenvalue weighted by molar-refractivity contribution is 5.82. The van der Waals surface area contributed by atoms with Crippen LogP contribution >= 0.6 is 0 Å². The summed E-state index contributed by atoms with van der Waals surface area (Å²) in [6, 6.07) is 0. The second kappa shape index (κ2) is 24.5. The molecule has 0 heterocycles. The first kappa shape index (κ1) is 39.9. The topological polar surface area (TPSA) is 112 Å². The number of aliphatic hydroxyl groups excluding tert-OH is 2. The van der Waals surface area contributed by atoms with Crippen molar-refractivity contribution in [2.24, 2.45) is 22.7 Å². The maximum absolute atomic E-state index is 12.9. The number of aliphatic hydroxyl groups is 2. The zero-order chi connectivity index (χ0) is 30.9. The summed E-state index contributed by atoms with van der Waals surface area (Å²) >= 11 is 0. The van der Waals surface area contributed by atoms with Crippen molar-refractivity contribution in [1.29, 1.82) is 0 Å². The predicted octanol–water partition coefficient (Wildman–Crippen LogP) is 5.45. The number of esters is 2. The minimum Gasteiger partial charge on any atom is -0.465 e. The van der Waals surface area contributed by atoms with Gasteiger partial charge in [-0.25, -0.2) is 0 Å². The monoisotopic (exact) mass is 568 g/mol. The highest BCUT2D eigenvalue weighted by Gasteiger charge is 2.39. The van der Waals surface area contributed by atoms with Crippen LogP contribution in [0.1, 0.15) is 66.2 Å². The molecule has 1 rings (SSSR count). The number of hydrogen-bond acceptors (Lipinski definition) is 8. The van der Waals surface area contributed by atoms with Gasteiger partial charge >= 0.3 is 11.9 Å². The maximum atomic E-state index is 12.9. The molecule has 0 amide bonds. The Balaban J connectivity index is 0. The molecule has 0 spiro atoms. The molecule has 8 nitrogen and oxygen atoms in total. The molecule has 0 aromatic carbocycles. The fourth-order valence-electron chi connectivity index (χ4n) is 3.67. The Morgan fingerprint density at radius 2 is 1.02 bits per heavy atom. The van der Waals surface area contributed by atoms with Gasteiger partial charge in [-0.1, -0.05) is 64.8 Å². The molecule has 0 aromatic heterocycles. The van der Waals surface area contributed by atoms with Gasteiger partial charge in [0.15, 0.2) is 0 Å². The third-order valence-electron chi connectivity index (χ3n) is 6.83. The van der Waals surface area contributed by atoms with Crippen LogP contribution in [0.25, 0.3) is 0 Å². The molecular weight excluding hydrogens is 512 g/mol. The molecule has 4 unspecified atom stereocenters. The lowest BCUT2D eigenvalue weighted by Crippen LogP contribution is -2.39. The summed E-state index contributed by atoms with van der Waals surface area (Å²) in [4.78, 5) is 25.8. The molecule has 1 aliphatic rings. The Morgan fingerprint density at radius 3 is 1.27 bits per heavy atom. The van der Waals surface area contributed by atoms with Crippen LogP contribution in [0.15, 0.2) is 50.6 Å². The fourth-order valence-corrected chi connectivity index (χ4v) is 3.67. The molecule has 1 aliphatic carbocycles. The van der Waals surface area contributed by atoms with E-state index in [1.165, 1.54) is 12.2 Å². The first-order valence-corrected chi connectivity index (χ1v) is 14.2. The molecule has 0 saturated heterocycles. The number of carbonyl (C=O) groups excluding carboxylic acids is 2. The van der Waals surface area contributed by atoms with Crippen molar-refractivity contribution in [3.63, 3.8) is 0 Å². The Morgan fingerprint density at radius 1 is 0.700 bits per heavy atom. The van der Waals surface area contributed by atoms with Gasteiger partial charge in [0.1, 0.15) is 0 Å². The first-order valence-electron chi connectivity index (χ1n) is 14.2. The average Bonchev–Trinajstić information content (AvgIpc) is 2.99. The van der Waals surface area contributed by atoms with Gasteiger partial charge in [0.05, 0.1) is 64.7 Å². The van der Waals surface area contributed by atoms with Crippen molar-refractivity contribution in [2.45, 2.75) is 66.2 Å². The lowest BCUT2D eigenvalue weighted by Gasteiger charge is -2.32. The molecule has 2 N–H and O–H groups in total. The molecule has 0 bridgehead atoms. The van der Waals surface area contributed by atoms with Crippen LogP contribution in [0, 0.1) is 22.7 Å². The minimum atomic E-state index is -0.448. The van der Waals surface area contributed by atoms with E-state index in [9.17, 15) is 9.59 Å². The molecular formula is C32H56O8. The van der Waals surface area contributed by atoms with E-state index in [1.807, 2.05) is 13.8 Å². The summed E-state index contributed by atoms with van der Waals surface area (Å²) < 4.78 is 22.6. The Labute approximate surface area is 243 Å². The SMILES string of the molecule is C=CCO.C=CCO.C=CCOCC(C)(CC)COC(=O)C1CCCCC1C(=O)OCC(C)(CC)COCC=C. The lowest BCUT2D eigenvalue weighted by atomic mass is 9.79. The second-order valence-electron chi connectivity index (χ2n) is 10.6. The van der Waals surface area contributed by atoms with Gasteiger partial charge < -0.3 is 29.2 Å². The zero-order valence-electron chi connectivity index (χ0n) is 25.5. The Bertz CT molecular complexity index is 662. The third kappa shape index (κ3) is 18.2. The van der Waals surface area contributed by atoms with Gasteiger partial charge in [-0.05, 0) is 25.7 Å². The lowest BCUT2D eigenvalue weighted by molar-refractivity contribution is -0.167. The van der Waals surface area contributed by atoms with Gasteiger partial charge in [-0.3, -0.25) is 9.59 Å². The second-order valence-corrected chi connectivity index (χ2v) is 10.6. The van der Waals surface area contributed by atoms with Crippen LogP contribution in [0.4, 0.5) is 0 Å². The van der Waals surface area contributed by atoms with Crippen LogP contribution < -0.4 is 0 Å². The van der Waals surface area contributed by atoms with E-state index in [0.29, 0.717) is 39.3 Å². The van der Waals surface area contributed by atoms with Crippen LogP contribution in [0.2, 0.25) is 0 Å². The molecule has 0 aliphatic heterocycles. The molecule has 40 heavy (non-hydrogen) atoms. The minimum absolute atomic E-state index is 0.0833. The third-order valence-corrected chi connectivity index (χ3v) is 6.83. The van der Waals surface area contributed by atoms with Crippen molar-refractivity contribution in [3.8, 4) is 0 Å². The van der Waals surface area contributed by atoms with E-state index in [-0.39, 0.29) is 49.2 Å².